The lowest BCUT2D eigenvalue weighted by molar-refractivity contribution is -0.140. The van der Waals surface area contributed by atoms with Gasteiger partial charge < -0.3 is 4.74 Å². The third-order valence-electron chi connectivity index (χ3n) is 3.74. The molecule has 0 aliphatic rings. The Kier molecular flexibility index (Phi) is 18.8. The summed E-state index contributed by atoms with van der Waals surface area (Å²) in [7, 11) is 0. The molecule has 2 nitrogen and oxygen atoms in total. The predicted molar refractivity (Wildman–Crippen MR) is 104 cm³/mol. The summed E-state index contributed by atoms with van der Waals surface area (Å²) in [5.41, 5.74) is 0. The van der Waals surface area contributed by atoms with E-state index in [4.69, 9.17) is 4.74 Å². The molecule has 3 heteroatoms. The van der Waals surface area contributed by atoms with Gasteiger partial charge in [-0.2, -0.15) is 12.6 Å². The highest BCUT2D eigenvalue weighted by Crippen LogP contribution is 2.08. The van der Waals surface area contributed by atoms with E-state index in [9.17, 15) is 4.79 Å². The van der Waals surface area contributed by atoms with Gasteiger partial charge in [-0.15, -0.1) is 0 Å². The first-order valence-corrected chi connectivity index (χ1v) is 10.0. The Hall–Kier alpha value is -0.700. The SMILES string of the molecule is CCCCC/C=C\C/C=C\CCCCCCCCOC(=O)CS. The van der Waals surface area contributed by atoms with Crippen molar-refractivity contribution < 1.29 is 9.53 Å². The van der Waals surface area contributed by atoms with Crippen LogP contribution in [0.5, 0.6) is 0 Å². The highest BCUT2D eigenvalue weighted by molar-refractivity contribution is 7.81. The Morgan fingerprint density at radius 3 is 2.00 bits per heavy atom. The summed E-state index contributed by atoms with van der Waals surface area (Å²) in [6.45, 7) is 2.79. The summed E-state index contributed by atoms with van der Waals surface area (Å²) in [6, 6.07) is 0. The number of hydrogen-bond acceptors (Lipinski definition) is 3. The molecule has 0 fully saturated rings. The molecular weight excluding hydrogens is 304 g/mol. The summed E-state index contributed by atoms with van der Waals surface area (Å²) in [5, 5.41) is 0. The standard InChI is InChI=1S/C20H36O2S/c1-2-3-4-5-6-7-8-9-10-11-12-13-14-15-16-17-18-22-20(21)19-23/h6-7,9-10,23H,2-5,8,11-19H2,1H3/b7-6-,10-9-. The van der Waals surface area contributed by atoms with Gasteiger partial charge >= 0.3 is 5.97 Å². The number of esters is 1. The topological polar surface area (TPSA) is 26.3 Å². The smallest absolute Gasteiger partial charge is 0.315 e. The summed E-state index contributed by atoms with van der Waals surface area (Å²) in [6.07, 6.45) is 23.9. The van der Waals surface area contributed by atoms with E-state index in [1.165, 1.54) is 57.8 Å². The van der Waals surface area contributed by atoms with E-state index in [1.54, 1.807) is 0 Å². The minimum absolute atomic E-state index is 0.183. The van der Waals surface area contributed by atoms with Gasteiger partial charge in [-0.1, -0.05) is 69.8 Å². The molecule has 0 aliphatic heterocycles. The van der Waals surface area contributed by atoms with Gasteiger partial charge in [0.2, 0.25) is 0 Å². The predicted octanol–water partition coefficient (Wildman–Crippen LogP) is 6.27. The van der Waals surface area contributed by atoms with Gasteiger partial charge in [0.15, 0.2) is 0 Å². The van der Waals surface area contributed by atoms with Crippen LogP contribution in [0.25, 0.3) is 0 Å². The van der Waals surface area contributed by atoms with Crippen LogP contribution in [0.3, 0.4) is 0 Å². The highest BCUT2D eigenvalue weighted by atomic mass is 32.1. The van der Waals surface area contributed by atoms with E-state index in [0.717, 1.165) is 19.3 Å². The van der Waals surface area contributed by atoms with Gasteiger partial charge in [-0.25, -0.2) is 0 Å². The molecule has 0 amide bonds. The third kappa shape index (κ3) is 19.3. The zero-order valence-corrected chi connectivity index (χ0v) is 15.9. The average molecular weight is 341 g/mol. The normalized spacial score (nSPS) is 11.6. The zero-order chi connectivity index (χ0) is 17.0. The number of thiol groups is 1. The molecule has 0 heterocycles. The molecule has 0 aromatic rings. The number of ether oxygens (including phenoxy) is 1. The van der Waals surface area contributed by atoms with Gasteiger partial charge in [-0.05, 0) is 38.5 Å². The van der Waals surface area contributed by atoms with Crippen LogP contribution in [-0.4, -0.2) is 18.3 Å². The van der Waals surface area contributed by atoms with Crippen LogP contribution in [0.1, 0.15) is 84.0 Å². The van der Waals surface area contributed by atoms with Gasteiger partial charge in [-0.3, -0.25) is 4.79 Å². The van der Waals surface area contributed by atoms with E-state index in [2.05, 4.69) is 43.9 Å². The van der Waals surface area contributed by atoms with Crippen molar-refractivity contribution in [3.05, 3.63) is 24.3 Å². The van der Waals surface area contributed by atoms with Gasteiger partial charge in [0.05, 0.1) is 12.4 Å². The number of hydrogen-bond donors (Lipinski definition) is 1. The number of carbonyl (C=O) groups is 1. The first-order valence-electron chi connectivity index (χ1n) is 9.37. The highest BCUT2D eigenvalue weighted by Gasteiger charge is 1.97. The molecule has 0 spiro atoms. The van der Waals surface area contributed by atoms with Crippen molar-refractivity contribution >= 4 is 18.6 Å². The lowest BCUT2D eigenvalue weighted by Gasteiger charge is -2.03. The number of rotatable bonds is 16. The maximum absolute atomic E-state index is 10.9. The zero-order valence-electron chi connectivity index (χ0n) is 15.0. The second kappa shape index (κ2) is 19.3. The molecule has 0 atom stereocenters. The molecule has 0 aromatic carbocycles. The van der Waals surface area contributed by atoms with Crippen LogP contribution in [0, 0.1) is 0 Å². The van der Waals surface area contributed by atoms with Gasteiger partial charge in [0.25, 0.3) is 0 Å². The number of allylic oxidation sites excluding steroid dienone is 4. The van der Waals surface area contributed by atoms with E-state index in [0.29, 0.717) is 6.61 Å². The fraction of sp³-hybridized carbons (Fsp3) is 0.750. The molecule has 0 unspecified atom stereocenters. The summed E-state index contributed by atoms with van der Waals surface area (Å²) >= 11 is 3.87. The van der Waals surface area contributed by atoms with Crippen molar-refractivity contribution in [2.75, 3.05) is 12.4 Å². The number of unbranched alkanes of at least 4 members (excludes halogenated alkanes) is 9. The minimum atomic E-state index is -0.212. The van der Waals surface area contributed by atoms with Crippen LogP contribution in [0.2, 0.25) is 0 Å². The quantitative estimate of drug-likeness (QED) is 0.155. The molecule has 0 rings (SSSR count). The molecular formula is C20H36O2S. The van der Waals surface area contributed by atoms with Crippen LogP contribution in [0.4, 0.5) is 0 Å². The number of carbonyl (C=O) groups excluding carboxylic acids is 1. The molecule has 0 aromatic heterocycles. The lowest BCUT2D eigenvalue weighted by Crippen LogP contribution is -2.06. The fourth-order valence-electron chi connectivity index (χ4n) is 2.32. The first kappa shape index (κ1) is 22.3. The largest absolute Gasteiger partial charge is 0.465 e. The summed E-state index contributed by atoms with van der Waals surface area (Å²) in [5.74, 6) is -0.0294. The van der Waals surface area contributed by atoms with E-state index in [-0.39, 0.29) is 11.7 Å². The molecule has 0 radical (unpaired) electrons. The molecule has 0 aliphatic carbocycles. The van der Waals surface area contributed by atoms with E-state index in [1.807, 2.05) is 0 Å². The first-order chi connectivity index (χ1) is 11.3. The molecule has 23 heavy (non-hydrogen) atoms. The van der Waals surface area contributed by atoms with E-state index < -0.39 is 0 Å². The molecule has 0 N–H and O–H groups in total. The Bertz CT molecular complexity index is 311. The van der Waals surface area contributed by atoms with Crippen molar-refractivity contribution in [1.82, 2.24) is 0 Å². The Morgan fingerprint density at radius 2 is 1.39 bits per heavy atom. The molecule has 134 valence electrons. The van der Waals surface area contributed by atoms with Crippen molar-refractivity contribution in [2.24, 2.45) is 0 Å². The van der Waals surface area contributed by atoms with Crippen LogP contribution >= 0.6 is 12.6 Å². The van der Waals surface area contributed by atoms with Gasteiger partial charge in [0, 0.05) is 0 Å². The summed E-state index contributed by atoms with van der Waals surface area (Å²) < 4.78 is 4.98. The van der Waals surface area contributed by atoms with Gasteiger partial charge in [0.1, 0.15) is 0 Å². The molecule has 0 saturated heterocycles. The van der Waals surface area contributed by atoms with Crippen molar-refractivity contribution in [3.8, 4) is 0 Å². The second-order valence-corrected chi connectivity index (χ2v) is 6.28. The van der Waals surface area contributed by atoms with Crippen molar-refractivity contribution in [1.29, 1.82) is 0 Å². The van der Waals surface area contributed by atoms with Crippen LogP contribution in [-0.2, 0) is 9.53 Å². The van der Waals surface area contributed by atoms with Crippen molar-refractivity contribution in [3.63, 3.8) is 0 Å². The monoisotopic (exact) mass is 340 g/mol. The lowest BCUT2D eigenvalue weighted by atomic mass is 10.1. The Balaban J connectivity index is 3.17. The van der Waals surface area contributed by atoms with E-state index >= 15 is 0 Å². The molecule has 0 saturated carbocycles. The minimum Gasteiger partial charge on any atom is -0.465 e. The van der Waals surface area contributed by atoms with Crippen LogP contribution < -0.4 is 0 Å². The van der Waals surface area contributed by atoms with Crippen molar-refractivity contribution in [2.45, 2.75) is 84.0 Å². The maximum atomic E-state index is 10.9. The molecule has 0 bridgehead atoms. The average Bonchev–Trinajstić information content (AvgIpc) is 2.57. The Labute approximate surface area is 149 Å². The maximum Gasteiger partial charge on any atom is 0.315 e. The second-order valence-electron chi connectivity index (χ2n) is 5.96. The Morgan fingerprint density at radius 1 is 0.826 bits per heavy atom. The summed E-state index contributed by atoms with van der Waals surface area (Å²) in [4.78, 5) is 10.9. The van der Waals surface area contributed by atoms with Crippen LogP contribution in [0.15, 0.2) is 24.3 Å². The fourth-order valence-corrected chi connectivity index (χ4v) is 2.41. The third-order valence-corrected chi connectivity index (χ3v) is 4.00.